The maximum Gasteiger partial charge on any atom is 0.260 e. The summed E-state index contributed by atoms with van der Waals surface area (Å²) in [6.07, 6.45) is 5.10. The summed E-state index contributed by atoms with van der Waals surface area (Å²) in [4.78, 5) is 30.7. The predicted molar refractivity (Wildman–Crippen MR) is 84.3 cm³/mol. The van der Waals surface area contributed by atoms with Crippen LogP contribution >= 0.6 is 0 Å². The SMILES string of the molecule is Cc1ccc(C(=O)NCc2ccnc(-n3cccn3)c2)c(=O)[nH]1. The molecule has 1 amide bonds. The lowest BCUT2D eigenvalue weighted by Crippen LogP contribution is -2.29. The third kappa shape index (κ3) is 3.34. The summed E-state index contributed by atoms with van der Waals surface area (Å²) in [6, 6.07) is 8.64. The molecule has 3 rings (SSSR count). The summed E-state index contributed by atoms with van der Waals surface area (Å²) in [6.45, 7) is 2.06. The first kappa shape index (κ1) is 14.7. The molecule has 0 atom stereocenters. The maximum atomic E-state index is 12.1. The molecule has 0 aliphatic heterocycles. The summed E-state index contributed by atoms with van der Waals surface area (Å²) in [5.74, 6) is 0.249. The number of pyridine rings is 2. The first-order chi connectivity index (χ1) is 11.1. The highest BCUT2D eigenvalue weighted by Gasteiger charge is 2.10. The minimum Gasteiger partial charge on any atom is -0.348 e. The van der Waals surface area contributed by atoms with E-state index in [9.17, 15) is 9.59 Å². The van der Waals surface area contributed by atoms with E-state index in [0.29, 0.717) is 18.1 Å². The molecule has 0 unspecified atom stereocenters. The van der Waals surface area contributed by atoms with E-state index >= 15 is 0 Å². The minimum absolute atomic E-state index is 0.0944. The second kappa shape index (κ2) is 6.27. The van der Waals surface area contributed by atoms with Crippen LogP contribution < -0.4 is 10.9 Å². The third-order valence-corrected chi connectivity index (χ3v) is 3.30. The molecule has 0 saturated heterocycles. The van der Waals surface area contributed by atoms with Crippen LogP contribution in [-0.4, -0.2) is 25.7 Å². The van der Waals surface area contributed by atoms with E-state index in [4.69, 9.17) is 0 Å². The average Bonchev–Trinajstić information content (AvgIpc) is 3.07. The van der Waals surface area contributed by atoms with Gasteiger partial charge in [-0.05, 0) is 42.8 Å². The van der Waals surface area contributed by atoms with Crippen LogP contribution in [0.1, 0.15) is 21.6 Å². The molecular weight excluding hydrogens is 294 g/mol. The number of aromatic nitrogens is 4. The molecule has 116 valence electrons. The minimum atomic E-state index is -0.413. The zero-order chi connectivity index (χ0) is 16.2. The van der Waals surface area contributed by atoms with Gasteiger partial charge in [0.25, 0.3) is 11.5 Å². The van der Waals surface area contributed by atoms with E-state index < -0.39 is 11.5 Å². The molecule has 3 heterocycles. The van der Waals surface area contributed by atoms with Crippen LogP contribution in [0.15, 0.2) is 53.7 Å². The van der Waals surface area contributed by atoms with E-state index in [1.165, 1.54) is 6.07 Å². The molecule has 23 heavy (non-hydrogen) atoms. The van der Waals surface area contributed by atoms with E-state index in [2.05, 4.69) is 20.4 Å². The summed E-state index contributed by atoms with van der Waals surface area (Å²) < 4.78 is 1.63. The number of amides is 1. The predicted octanol–water partition coefficient (Wildman–Crippen LogP) is 1.19. The van der Waals surface area contributed by atoms with Crippen molar-refractivity contribution in [2.75, 3.05) is 0 Å². The summed E-state index contributed by atoms with van der Waals surface area (Å²) in [5.41, 5.74) is 1.28. The zero-order valence-corrected chi connectivity index (χ0v) is 12.5. The maximum absolute atomic E-state index is 12.1. The van der Waals surface area contributed by atoms with Crippen molar-refractivity contribution in [1.29, 1.82) is 0 Å². The number of H-pyrrole nitrogens is 1. The van der Waals surface area contributed by atoms with Crippen LogP contribution in [0, 0.1) is 6.92 Å². The molecule has 0 radical (unpaired) electrons. The second-order valence-electron chi connectivity index (χ2n) is 5.04. The van der Waals surface area contributed by atoms with Crippen LogP contribution in [0.4, 0.5) is 0 Å². The van der Waals surface area contributed by atoms with Crippen LogP contribution in [0.3, 0.4) is 0 Å². The Bertz CT molecular complexity index is 883. The average molecular weight is 309 g/mol. The van der Waals surface area contributed by atoms with Crippen molar-refractivity contribution in [2.45, 2.75) is 13.5 Å². The molecule has 7 nitrogen and oxygen atoms in total. The Morgan fingerprint density at radius 2 is 2.17 bits per heavy atom. The Morgan fingerprint density at radius 3 is 2.91 bits per heavy atom. The number of rotatable bonds is 4. The highest BCUT2D eigenvalue weighted by molar-refractivity contribution is 5.93. The van der Waals surface area contributed by atoms with Gasteiger partial charge in [0.05, 0.1) is 0 Å². The van der Waals surface area contributed by atoms with E-state index in [1.807, 2.05) is 6.07 Å². The zero-order valence-electron chi connectivity index (χ0n) is 12.5. The van der Waals surface area contributed by atoms with Gasteiger partial charge in [0.1, 0.15) is 5.56 Å². The largest absolute Gasteiger partial charge is 0.348 e. The molecule has 0 bridgehead atoms. The number of aromatic amines is 1. The van der Waals surface area contributed by atoms with Crippen molar-refractivity contribution in [3.63, 3.8) is 0 Å². The van der Waals surface area contributed by atoms with E-state index in [1.54, 1.807) is 48.4 Å². The molecule has 0 spiro atoms. The highest BCUT2D eigenvalue weighted by Crippen LogP contribution is 2.06. The van der Waals surface area contributed by atoms with Crippen LogP contribution in [0.5, 0.6) is 0 Å². The van der Waals surface area contributed by atoms with Gasteiger partial charge < -0.3 is 10.3 Å². The molecule has 0 aliphatic rings. The van der Waals surface area contributed by atoms with Gasteiger partial charge in [-0.1, -0.05) is 0 Å². The number of hydrogen-bond donors (Lipinski definition) is 2. The van der Waals surface area contributed by atoms with Crippen molar-refractivity contribution in [2.24, 2.45) is 0 Å². The number of aryl methyl sites for hydroxylation is 1. The second-order valence-corrected chi connectivity index (χ2v) is 5.04. The van der Waals surface area contributed by atoms with Gasteiger partial charge in [0, 0.05) is 30.8 Å². The monoisotopic (exact) mass is 309 g/mol. The molecule has 3 aromatic rings. The van der Waals surface area contributed by atoms with Crippen molar-refractivity contribution >= 4 is 5.91 Å². The summed E-state index contributed by atoms with van der Waals surface area (Å²) in [5, 5.41) is 6.84. The van der Waals surface area contributed by atoms with Gasteiger partial charge in [-0.15, -0.1) is 0 Å². The first-order valence-electron chi connectivity index (χ1n) is 7.06. The molecular formula is C16H15N5O2. The van der Waals surface area contributed by atoms with Crippen LogP contribution in [0.2, 0.25) is 0 Å². The van der Waals surface area contributed by atoms with Crippen LogP contribution in [-0.2, 0) is 6.54 Å². The fraction of sp³-hybridized carbons (Fsp3) is 0.125. The first-order valence-corrected chi connectivity index (χ1v) is 7.06. The quantitative estimate of drug-likeness (QED) is 0.757. The summed E-state index contributed by atoms with van der Waals surface area (Å²) in [7, 11) is 0. The van der Waals surface area contributed by atoms with E-state index in [-0.39, 0.29) is 5.56 Å². The smallest absolute Gasteiger partial charge is 0.260 e. The standard InChI is InChI=1S/C16H15N5O2/c1-11-3-4-13(16(23)20-11)15(22)18-10-12-5-7-17-14(9-12)21-8-2-6-19-21/h2-9H,10H2,1H3,(H,18,22)(H,20,23). The third-order valence-electron chi connectivity index (χ3n) is 3.30. The molecule has 0 aliphatic carbocycles. The lowest BCUT2D eigenvalue weighted by molar-refractivity contribution is 0.0949. The van der Waals surface area contributed by atoms with E-state index in [0.717, 1.165) is 5.56 Å². The lowest BCUT2D eigenvalue weighted by Gasteiger charge is -2.07. The fourth-order valence-electron chi connectivity index (χ4n) is 2.13. The van der Waals surface area contributed by atoms with Gasteiger partial charge in [-0.2, -0.15) is 5.10 Å². The van der Waals surface area contributed by atoms with Crippen LogP contribution in [0.25, 0.3) is 5.82 Å². The van der Waals surface area contributed by atoms with Crippen molar-refractivity contribution in [1.82, 2.24) is 25.1 Å². The number of carbonyl (C=O) groups excluding carboxylic acids is 1. The number of nitrogens with zero attached hydrogens (tertiary/aromatic N) is 3. The number of nitrogens with one attached hydrogen (secondary N) is 2. The molecule has 3 aromatic heterocycles. The molecule has 2 N–H and O–H groups in total. The molecule has 7 heteroatoms. The number of hydrogen-bond acceptors (Lipinski definition) is 4. The molecule has 0 aromatic carbocycles. The molecule has 0 fully saturated rings. The van der Waals surface area contributed by atoms with Gasteiger partial charge in [-0.25, -0.2) is 9.67 Å². The Hall–Kier alpha value is -3.22. The van der Waals surface area contributed by atoms with Gasteiger partial charge in [0.2, 0.25) is 0 Å². The normalized spacial score (nSPS) is 10.5. The Labute approximate surface area is 132 Å². The topological polar surface area (TPSA) is 92.7 Å². The van der Waals surface area contributed by atoms with Crippen molar-refractivity contribution < 1.29 is 4.79 Å². The van der Waals surface area contributed by atoms with Gasteiger partial charge >= 0.3 is 0 Å². The van der Waals surface area contributed by atoms with Crippen molar-refractivity contribution in [3.8, 4) is 5.82 Å². The fourth-order valence-corrected chi connectivity index (χ4v) is 2.13. The summed E-state index contributed by atoms with van der Waals surface area (Å²) >= 11 is 0. The Kier molecular flexibility index (Phi) is 4.01. The van der Waals surface area contributed by atoms with Gasteiger partial charge in [-0.3, -0.25) is 9.59 Å². The number of carbonyl (C=O) groups is 1. The molecule has 0 saturated carbocycles. The highest BCUT2D eigenvalue weighted by atomic mass is 16.2. The van der Waals surface area contributed by atoms with Gasteiger partial charge in [0.15, 0.2) is 5.82 Å². The Morgan fingerprint density at radius 1 is 1.30 bits per heavy atom. The lowest BCUT2D eigenvalue weighted by atomic mass is 10.2. The Balaban J connectivity index is 1.72. The van der Waals surface area contributed by atoms with Crippen molar-refractivity contribution in [3.05, 3.63) is 76.1 Å².